The summed E-state index contributed by atoms with van der Waals surface area (Å²) in [6.07, 6.45) is 0.991. The van der Waals surface area contributed by atoms with E-state index in [4.69, 9.17) is 9.47 Å². The van der Waals surface area contributed by atoms with Crippen molar-refractivity contribution in [1.29, 1.82) is 0 Å². The number of amides is 2. The van der Waals surface area contributed by atoms with E-state index in [9.17, 15) is 9.59 Å². The molecule has 25 heavy (non-hydrogen) atoms. The van der Waals surface area contributed by atoms with Crippen LogP contribution in [0.3, 0.4) is 0 Å². The van der Waals surface area contributed by atoms with Crippen molar-refractivity contribution >= 4 is 11.8 Å². The lowest BCUT2D eigenvalue weighted by molar-refractivity contribution is -0.134. The molecule has 0 aliphatic heterocycles. The Bertz CT molecular complexity index is 594. The number of nitrogens with one attached hydrogen (secondary N) is 1. The fraction of sp³-hybridized carbons (Fsp3) is 0.579. The maximum atomic E-state index is 12.0. The summed E-state index contributed by atoms with van der Waals surface area (Å²) in [5, 5.41) is 2.89. The smallest absolute Gasteiger partial charge is 0.221 e. The first-order chi connectivity index (χ1) is 11.7. The Balaban J connectivity index is 2.46. The number of benzene rings is 1. The Morgan fingerprint density at radius 3 is 2.28 bits per heavy atom. The molecule has 1 N–H and O–H groups in total. The van der Waals surface area contributed by atoms with Crippen LogP contribution in [0.5, 0.6) is 11.5 Å². The molecular formula is C19H30N2O4. The molecule has 0 fully saturated rings. The van der Waals surface area contributed by atoms with Crippen molar-refractivity contribution in [2.45, 2.75) is 46.1 Å². The van der Waals surface area contributed by atoms with Gasteiger partial charge in [0.15, 0.2) is 11.5 Å². The number of nitrogens with zero attached hydrogens (tertiary/aromatic N) is 1. The Kier molecular flexibility index (Phi) is 7.74. The van der Waals surface area contributed by atoms with Crippen LogP contribution in [0.15, 0.2) is 18.2 Å². The Morgan fingerprint density at radius 2 is 1.76 bits per heavy atom. The molecule has 0 heterocycles. The molecule has 0 aromatic heterocycles. The topological polar surface area (TPSA) is 67.9 Å². The zero-order chi connectivity index (χ0) is 19.0. The van der Waals surface area contributed by atoms with Gasteiger partial charge in [-0.25, -0.2) is 0 Å². The second-order valence-electron chi connectivity index (χ2n) is 6.88. The van der Waals surface area contributed by atoms with E-state index >= 15 is 0 Å². The minimum absolute atomic E-state index is 0.0226. The summed E-state index contributed by atoms with van der Waals surface area (Å²) in [5.74, 6) is 1.27. The van der Waals surface area contributed by atoms with E-state index in [1.807, 2.05) is 39.0 Å². The molecule has 6 heteroatoms. The summed E-state index contributed by atoms with van der Waals surface area (Å²) >= 11 is 0. The van der Waals surface area contributed by atoms with Crippen LogP contribution in [0.1, 0.15) is 39.7 Å². The average Bonchev–Trinajstić information content (AvgIpc) is 2.53. The number of hydrogen-bond donors (Lipinski definition) is 1. The lowest BCUT2D eigenvalue weighted by Gasteiger charge is -2.34. The summed E-state index contributed by atoms with van der Waals surface area (Å²) in [7, 11) is 3.19. The van der Waals surface area contributed by atoms with Crippen molar-refractivity contribution in [3.05, 3.63) is 23.8 Å². The lowest BCUT2D eigenvalue weighted by Crippen LogP contribution is -2.46. The first kappa shape index (κ1) is 20.8. The average molecular weight is 350 g/mol. The van der Waals surface area contributed by atoms with Gasteiger partial charge in [-0.3, -0.25) is 9.59 Å². The summed E-state index contributed by atoms with van der Waals surface area (Å²) in [5.41, 5.74) is 0.768. The van der Waals surface area contributed by atoms with Crippen molar-refractivity contribution in [3.8, 4) is 11.5 Å². The zero-order valence-electron chi connectivity index (χ0n) is 16.1. The van der Waals surface area contributed by atoms with E-state index in [1.165, 1.54) is 6.92 Å². The molecule has 1 rings (SSSR count). The van der Waals surface area contributed by atoms with Gasteiger partial charge in [-0.15, -0.1) is 0 Å². The summed E-state index contributed by atoms with van der Waals surface area (Å²) in [6.45, 7) is 8.36. The Morgan fingerprint density at radius 1 is 1.12 bits per heavy atom. The molecule has 0 unspecified atom stereocenters. The normalized spacial score (nSPS) is 11.0. The van der Waals surface area contributed by atoms with Gasteiger partial charge < -0.3 is 19.7 Å². The molecule has 1 aromatic carbocycles. The highest BCUT2D eigenvalue weighted by Crippen LogP contribution is 2.27. The van der Waals surface area contributed by atoms with Gasteiger partial charge >= 0.3 is 0 Å². The molecule has 1 aromatic rings. The maximum Gasteiger partial charge on any atom is 0.221 e. The Hall–Kier alpha value is -2.24. The molecule has 2 amide bonds. The van der Waals surface area contributed by atoms with Crippen LogP contribution in [0.25, 0.3) is 0 Å². The molecular weight excluding hydrogens is 320 g/mol. The van der Waals surface area contributed by atoms with E-state index in [2.05, 4.69) is 5.32 Å². The van der Waals surface area contributed by atoms with Gasteiger partial charge in [0, 0.05) is 32.0 Å². The van der Waals surface area contributed by atoms with Gasteiger partial charge in [0.2, 0.25) is 11.8 Å². The third-order valence-corrected chi connectivity index (χ3v) is 3.94. The molecule has 0 atom stereocenters. The van der Waals surface area contributed by atoms with Crippen molar-refractivity contribution < 1.29 is 19.1 Å². The van der Waals surface area contributed by atoms with Crippen LogP contribution in [0, 0.1) is 0 Å². The fourth-order valence-corrected chi connectivity index (χ4v) is 2.65. The van der Waals surface area contributed by atoms with Crippen LogP contribution >= 0.6 is 0 Å². The van der Waals surface area contributed by atoms with Crippen molar-refractivity contribution in [3.63, 3.8) is 0 Å². The van der Waals surface area contributed by atoms with Crippen LogP contribution < -0.4 is 14.8 Å². The van der Waals surface area contributed by atoms with Crippen LogP contribution in [-0.2, 0) is 16.0 Å². The summed E-state index contributed by atoms with van der Waals surface area (Å²) in [4.78, 5) is 25.4. The molecule has 0 bridgehead atoms. The van der Waals surface area contributed by atoms with Crippen molar-refractivity contribution in [1.82, 2.24) is 10.2 Å². The van der Waals surface area contributed by atoms with Crippen molar-refractivity contribution in [2.24, 2.45) is 0 Å². The highest BCUT2D eigenvalue weighted by molar-refractivity contribution is 5.78. The molecule has 6 nitrogen and oxygen atoms in total. The van der Waals surface area contributed by atoms with Crippen LogP contribution in [0.2, 0.25) is 0 Å². The highest BCUT2D eigenvalue weighted by Gasteiger charge is 2.23. The summed E-state index contributed by atoms with van der Waals surface area (Å²) < 4.78 is 10.5. The molecule has 0 saturated carbocycles. The standard InChI is InChI=1S/C19H30N2O4/c1-14(22)21(19(2,3)4)12-10-18(23)20-11-9-15-7-8-16(24-5)17(13-15)25-6/h7-8,13H,9-12H2,1-6H3,(H,20,23). The minimum Gasteiger partial charge on any atom is -0.493 e. The molecule has 0 saturated heterocycles. The number of hydrogen-bond acceptors (Lipinski definition) is 4. The number of methoxy groups -OCH3 is 2. The second-order valence-corrected chi connectivity index (χ2v) is 6.88. The highest BCUT2D eigenvalue weighted by atomic mass is 16.5. The predicted octanol–water partition coefficient (Wildman–Crippen LogP) is 2.40. The molecule has 140 valence electrons. The number of rotatable bonds is 8. The number of carbonyl (C=O) groups excluding carboxylic acids is 2. The van der Waals surface area contributed by atoms with E-state index in [0.717, 1.165) is 5.56 Å². The summed E-state index contributed by atoms with van der Waals surface area (Å²) in [6, 6.07) is 5.71. The molecule has 0 aliphatic rings. The van der Waals surface area contributed by atoms with Crippen molar-refractivity contribution in [2.75, 3.05) is 27.3 Å². The van der Waals surface area contributed by atoms with Crippen LogP contribution in [0.4, 0.5) is 0 Å². The monoisotopic (exact) mass is 350 g/mol. The molecule has 0 radical (unpaired) electrons. The van der Waals surface area contributed by atoms with Gasteiger partial charge in [0.1, 0.15) is 0 Å². The van der Waals surface area contributed by atoms with Gasteiger partial charge in [-0.05, 0) is 44.9 Å². The first-order valence-corrected chi connectivity index (χ1v) is 8.45. The number of ether oxygens (including phenoxy) is 2. The Labute approximate surface area is 150 Å². The van der Waals surface area contributed by atoms with Gasteiger partial charge in [0.05, 0.1) is 14.2 Å². The predicted molar refractivity (Wildman–Crippen MR) is 98.0 cm³/mol. The largest absolute Gasteiger partial charge is 0.493 e. The van der Waals surface area contributed by atoms with E-state index in [1.54, 1.807) is 19.1 Å². The lowest BCUT2D eigenvalue weighted by atomic mass is 10.1. The SMILES string of the molecule is COc1ccc(CCNC(=O)CCN(C(C)=O)C(C)(C)C)cc1OC. The van der Waals surface area contributed by atoms with E-state index in [-0.39, 0.29) is 17.4 Å². The van der Waals surface area contributed by atoms with Crippen LogP contribution in [-0.4, -0.2) is 49.6 Å². The van der Waals surface area contributed by atoms with Gasteiger partial charge in [-0.1, -0.05) is 6.07 Å². The molecule has 0 spiro atoms. The third kappa shape index (κ3) is 6.64. The van der Waals surface area contributed by atoms with Gasteiger partial charge in [-0.2, -0.15) is 0 Å². The first-order valence-electron chi connectivity index (χ1n) is 8.45. The molecule has 0 aliphatic carbocycles. The van der Waals surface area contributed by atoms with E-state index < -0.39 is 0 Å². The minimum atomic E-state index is -0.286. The maximum absolute atomic E-state index is 12.0. The fourth-order valence-electron chi connectivity index (χ4n) is 2.65. The zero-order valence-corrected chi connectivity index (χ0v) is 16.1. The third-order valence-electron chi connectivity index (χ3n) is 3.94. The quantitative estimate of drug-likeness (QED) is 0.782. The second kappa shape index (κ2) is 9.30. The van der Waals surface area contributed by atoms with Gasteiger partial charge in [0.25, 0.3) is 0 Å². The van der Waals surface area contributed by atoms with E-state index in [0.29, 0.717) is 37.4 Å². The number of carbonyl (C=O) groups is 2.